The predicted octanol–water partition coefficient (Wildman–Crippen LogP) is 0.543. The lowest BCUT2D eigenvalue weighted by Gasteiger charge is -2.34. The summed E-state index contributed by atoms with van der Waals surface area (Å²) in [5.74, 6) is 0.0595. The molecule has 1 unspecified atom stereocenters. The molecule has 19 heavy (non-hydrogen) atoms. The fraction of sp³-hybridized carbons (Fsp3) is 0.429. The monoisotopic (exact) mass is 261 g/mol. The highest BCUT2D eigenvalue weighted by atomic mass is 16.2. The van der Waals surface area contributed by atoms with Gasteiger partial charge in [0.2, 0.25) is 5.91 Å². The second-order valence-electron chi connectivity index (χ2n) is 4.83. The zero-order valence-electron chi connectivity index (χ0n) is 11.1. The van der Waals surface area contributed by atoms with Crippen LogP contribution in [0.25, 0.3) is 0 Å². The van der Waals surface area contributed by atoms with Gasteiger partial charge in [0.05, 0.1) is 6.54 Å². The summed E-state index contributed by atoms with van der Waals surface area (Å²) in [5, 5.41) is 2.93. The topological polar surface area (TPSA) is 75.4 Å². The molecule has 0 aromatic heterocycles. The summed E-state index contributed by atoms with van der Waals surface area (Å²) >= 11 is 0. The Morgan fingerprint density at radius 1 is 1.42 bits per heavy atom. The number of ketones is 1. The van der Waals surface area contributed by atoms with E-state index < -0.39 is 0 Å². The Hall–Kier alpha value is -1.88. The first-order valence-electron chi connectivity index (χ1n) is 6.45. The lowest BCUT2D eigenvalue weighted by Crippen LogP contribution is -2.54. The third-order valence-corrected chi connectivity index (χ3v) is 3.29. The van der Waals surface area contributed by atoms with Gasteiger partial charge in [-0.2, -0.15) is 0 Å². The molecule has 1 aromatic carbocycles. The van der Waals surface area contributed by atoms with Crippen LogP contribution in [-0.4, -0.2) is 37.4 Å². The van der Waals surface area contributed by atoms with E-state index in [1.807, 2.05) is 17.0 Å². The highest BCUT2D eigenvalue weighted by Gasteiger charge is 2.24. The molecule has 1 fully saturated rings. The number of piperazine rings is 1. The number of Topliss-reactive ketones (excluding diaryl/α,β-unsaturated/α-hetero) is 1. The number of nitrogens with two attached hydrogens (primary N) is 1. The molecule has 102 valence electrons. The first-order chi connectivity index (χ1) is 9.10. The maximum atomic E-state index is 11.7. The molecule has 1 atom stereocenters. The second-order valence-corrected chi connectivity index (χ2v) is 4.83. The van der Waals surface area contributed by atoms with Crippen molar-refractivity contribution in [3.05, 3.63) is 29.8 Å². The Labute approximate surface area is 112 Å². The van der Waals surface area contributed by atoms with Gasteiger partial charge in [-0.15, -0.1) is 0 Å². The molecule has 0 aliphatic carbocycles. The molecule has 0 radical (unpaired) electrons. The fourth-order valence-electron chi connectivity index (χ4n) is 2.29. The fourth-order valence-corrected chi connectivity index (χ4v) is 2.29. The van der Waals surface area contributed by atoms with Crippen LogP contribution in [-0.2, 0) is 4.79 Å². The van der Waals surface area contributed by atoms with Gasteiger partial charge >= 0.3 is 0 Å². The average Bonchev–Trinajstić information content (AvgIpc) is 2.38. The number of nitrogens with one attached hydrogen (secondary N) is 1. The van der Waals surface area contributed by atoms with Gasteiger partial charge in [-0.05, 0) is 44.2 Å². The molecule has 0 spiro atoms. The summed E-state index contributed by atoms with van der Waals surface area (Å²) in [6.07, 6.45) is 0.772. The van der Waals surface area contributed by atoms with E-state index in [2.05, 4.69) is 5.32 Å². The molecule has 1 aliphatic rings. The van der Waals surface area contributed by atoms with E-state index in [1.165, 1.54) is 0 Å². The molecule has 1 amide bonds. The number of nitrogens with zero attached hydrogens (tertiary/aromatic N) is 1. The standard InChI is InChI=1S/C14H19N3O2/c1-10(18)11-2-4-13(5-3-11)17-8-12(6-7-15)16-14(19)9-17/h2-5,12H,6-9,15H2,1H3,(H,16,19). The zero-order valence-corrected chi connectivity index (χ0v) is 11.1. The quantitative estimate of drug-likeness (QED) is 0.776. The molecule has 0 bridgehead atoms. The van der Waals surface area contributed by atoms with Gasteiger partial charge in [0.15, 0.2) is 5.78 Å². The van der Waals surface area contributed by atoms with Crippen LogP contribution in [0.5, 0.6) is 0 Å². The smallest absolute Gasteiger partial charge is 0.239 e. The van der Waals surface area contributed by atoms with Crippen molar-refractivity contribution >= 4 is 17.4 Å². The van der Waals surface area contributed by atoms with Crippen LogP contribution in [0, 0.1) is 0 Å². The van der Waals surface area contributed by atoms with E-state index in [9.17, 15) is 9.59 Å². The van der Waals surface area contributed by atoms with E-state index >= 15 is 0 Å². The molecule has 1 heterocycles. The molecular formula is C14H19N3O2. The van der Waals surface area contributed by atoms with E-state index in [0.717, 1.165) is 18.7 Å². The molecule has 1 saturated heterocycles. The van der Waals surface area contributed by atoms with Crippen LogP contribution >= 0.6 is 0 Å². The van der Waals surface area contributed by atoms with Crippen LogP contribution in [0.2, 0.25) is 0 Å². The third-order valence-electron chi connectivity index (χ3n) is 3.29. The maximum absolute atomic E-state index is 11.7. The normalized spacial score (nSPS) is 19.2. The van der Waals surface area contributed by atoms with Crippen LogP contribution in [0.4, 0.5) is 5.69 Å². The van der Waals surface area contributed by atoms with Crippen LogP contribution in [0.15, 0.2) is 24.3 Å². The van der Waals surface area contributed by atoms with Crippen molar-refractivity contribution in [3.8, 4) is 0 Å². The lowest BCUT2D eigenvalue weighted by atomic mass is 10.1. The number of carbonyl (C=O) groups excluding carboxylic acids is 2. The molecule has 1 aromatic rings. The van der Waals surface area contributed by atoms with E-state index in [-0.39, 0.29) is 17.7 Å². The number of rotatable bonds is 4. The molecule has 5 heteroatoms. The average molecular weight is 261 g/mol. The molecule has 5 nitrogen and oxygen atoms in total. The predicted molar refractivity (Wildman–Crippen MR) is 74.3 cm³/mol. The number of hydrogen-bond donors (Lipinski definition) is 2. The number of carbonyl (C=O) groups is 2. The van der Waals surface area contributed by atoms with Crippen molar-refractivity contribution in [1.29, 1.82) is 0 Å². The largest absolute Gasteiger partial charge is 0.360 e. The first-order valence-corrected chi connectivity index (χ1v) is 6.45. The Kier molecular flexibility index (Phi) is 4.16. The maximum Gasteiger partial charge on any atom is 0.239 e. The van der Waals surface area contributed by atoms with Crippen LogP contribution in [0.3, 0.4) is 0 Å². The summed E-state index contributed by atoms with van der Waals surface area (Å²) in [4.78, 5) is 24.9. The Morgan fingerprint density at radius 3 is 2.68 bits per heavy atom. The van der Waals surface area contributed by atoms with Crippen LogP contribution in [0.1, 0.15) is 23.7 Å². The number of amides is 1. The van der Waals surface area contributed by atoms with Gasteiger partial charge in [0, 0.05) is 23.8 Å². The van der Waals surface area contributed by atoms with Crippen molar-refractivity contribution in [1.82, 2.24) is 5.32 Å². The van der Waals surface area contributed by atoms with E-state index in [1.54, 1.807) is 19.1 Å². The van der Waals surface area contributed by atoms with Gasteiger partial charge in [-0.1, -0.05) is 0 Å². The number of hydrogen-bond acceptors (Lipinski definition) is 4. The van der Waals surface area contributed by atoms with Gasteiger partial charge in [0.25, 0.3) is 0 Å². The Balaban J connectivity index is 2.11. The van der Waals surface area contributed by atoms with E-state index in [0.29, 0.717) is 18.7 Å². The van der Waals surface area contributed by atoms with Gasteiger partial charge < -0.3 is 16.0 Å². The number of benzene rings is 1. The van der Waals surface area contributed by atoms with Crippen molar-refractivity contribution < 1.29 is 9.59 Å². The molecule has 0 saturated carbocycles. The van der Waals surface area contributed by atoms with Crippen molar-refractivity contribution in [2.24, 2.45) is 5.73 Å². The molecule has 1 aliphatic heterocycles. The summed E-state index contributed by atoms with van der Waals surface area (Å²) in [6, 6.07) is 7.45. The van der Waals surface area contributed by atoms with E-state index in [4.69, 9.17) is 5.73 Å². The highest BCUT2D eigenvalue weighted by Crippen LogP contribution is 2.18. The van der Waals surface area contributed by atoms with Crippen molar-refractivity contribution in [2.75, 3.05) is 24.5 Å². The second kappa shape index (κ2) is 5.84. The minimum atomic E-state index is 0.0142. The van der Waals surface area contributed by atoms with Gasteiger partial charge in [0.1, 0.15) is 0 Å². The first kappa shape index (κ1) is 13.5. The van der Waals surface area contributed by atoms with Crippen LogP contribution < -0.4 is 16.0 Å². The summed E-state index contributed by atoms with van der Waals surface area (Å²) in [6.45, 7) is 3.20. The summed E-state index contributed by atoms with van der Waals surface area (Å²) in [7, 11) is 0. The minimum Gasteiger partial charge on any atom is -0.360 e. The summed E-state index contributed by atoms with van der Waals surface area (Å²) in [5.41, 5.74) is 7.18. The third kappa shape index (κ3) is 3.32. The highest BCUT2D eigenvalue weighted by molar-refractivity contribution is 5.94. The number of anilines is 1. The SMILES string of the molecule is CC(=O)c1ccc(N2CC(=O)NC(CCN)C2)cc1. The zero-order chi connectivity index (χ0) is 13.8. The minimum absolute atomic E-state index is 0.0142. The van der Waals surface area contributed by atoms with Gasteiger partial charge in [-0.25, -0.2) is 0 Å². The van der Waals surface area contributed by atoms with Gasteiger partial charge in [-0.3, -0.25) is 9.59 Å². The Morgan fingerprint density at radius 2 is 2.11 bits per heavy atom. The molecule has 2 rings (SSSR count). The molecular weight excluding hydrogens is 242 g/mol. The Bertz CT molecular complexity index is 470. The lowest BCUT2D eigenvalue weighted by molar-refractivity contribution is -0.121. The summed E-state index contributed by atoms with van der Waals surface area (Å²) < 4.78 is 0. The van der Waals surface area contributed by atoms with Crippen molar-refractivity contribution in [3.63, 3.8) is 0 Å². The molecule has 3 N–H and O–H groups in total. The van der Waals surface area contributed by atoms with Crippen molar-refractivity contribution in [2.45, 2.75) is 19.4 Å².